The molecule has 1 aromatic carbocycles. The fourth-order valence-corrected chi connectivity index (χ4v) is 2.75. The van der Waals surface area contributed by atoms with E-state index in [2.05, 4.69) is 12.2 Å². The highest BCUT2D eigenvalue weighted by atomic mass is 16.5. The third-order valence-corrected chi connectivity index (χ3v) is 4.12. The van der Waals surface area contributed by atoms with Crippen molar-refractivity contribution >= 4 is 0 Å². The molecule has 0 saturated carbocycles. The van der Waals surface area contributed by atoms with Gasteiger partial charge < -0.3 is 14.8 Å². The van der Waals surface area contributed by atoms with Crippen LogP contribution in [0.2, 0.25) is 0 Å². The molecule has 0 atom stereocenters. The van der Waals surface area contributed by atoms with E-state index in [9.17, 15) is 0 Å². The SMILES string of the molecule is CCCNCC1(CCOc2ccccc2)CCOCC1. The number of hydrogen-bond donors (Lipinski definition) is 1. The van der Waals surface area contributed by atoms with Gasteiger partial charge in [0.25, 0.3) is 0 Å². The average Bonchev–Trinajstić information content (AvgIpc) is 2.50. The first-order chi connectivity index (χ1) is 9.85. The molecule has 0 spiro atoms. The van der Waals surface area contributed by atoms with Crippen molar-refractivity contribution in [2.45, 2.75) is 32.6 Å². The largest absolute Gasteiger partial charge is 0.494 e. The zero-order valence-corrected chi connectivity index (χ0v) is 12.6. The number of ether oxygens (including phenoxy) is 2. The van der Waals surface area contributed by atoms with Crippen LogP contribution in [0.5, 0.6) is 5.75 Å². The Bertz CT molecular complexity index is 361. The van der Waals surface area contributed by atoms with Crippen LogP contribution in [0, 0.1) is 5.41 Å². The Labute approximate surface area is 122 Å². The van der Waals surface area contributed by atoms with Gasteiger partial charge in [0, 0.05) is 19.8 Å². The fourth-order valence-electron chi connectivity index (χ4n) is 2.75. The Morgan fingerprint density at radius 2 is 1.95 bits per heavy atom. The maximum Gasteiger partial charge on any atom is 0.119 e. The molecule has 1 heterocycles. The molecule has 0 aromatic heterocycles. The second-order valence-electron chi connectivity index (χ2n) is 5.70. The number of nitrogens with one attached hydrogen (secondary N) is 1. The zero-order valence-electron chi connectivity index (χ0n) is 12.6. The first kappa shape index (κ1) is 15.3. The van der Waals surface area contributed by atoms with Gasteiger partial charge in [0.15, 0.2) is 0 Å². The number of hydrogen-bond acceptors (Lipinski definition) is 3. The van der Waals surface area contributed by atoms with E-state index >= 15 is 0 Å². The monoisotopic (exact) mass is 277 g/mol. The smallest absolute Gasteiger partial charge is 0.119 e. The third kappa shape index (κ3) is 4.80. The van der Waals surface area contributed by atoms with Crippen LogP contribution in [-0.2, 0) is 4.74 Å². The molecular weight excluding hydrogens is 250 g/mol. The van der Waals surface area contributed by atoms with Crippen LogP contribution >= 0.6 is 0 Å². The normalized spacial score (nSPS) is 17.9. The fraction of sp³-hybridized carbons (Fsp3) is 0.647. The number of rotatable bonds is 8. The van der Waals surface area contributed by atoms with Gasteiger partial charge in [-0.1, -0.05) is 25.1 Å². The molecule has 1 aromatic rings. The van der Waals surface area contributed by atoms with Crippen molar-refractivity contribution in [2.75, 3.05) is 32.9 Å². The van der Waals surface area contributed by atoms with Crippen LogP contribution < -0.4 is 10.1 Å². The molecule has 2 rings (SSSR count). The standard InChI is InChI=1S/C17H27NO2/c1-2-11-18-15-17(8-12-19-13-9-17)10-14-20-16-6-4-3-5-7-16/h3-7,18H,2,8-15H2,1H3. The molecule has 3 heteroatoms. The summed E-state index contributed by atoms with van der Waals surface area (Å²) in [5, 5.41) is 3.58. The van der Waals surface area contributed by atoms with E-state index in [1.165, 1.54) is 6.42 Å². The zero-order chi connectivity index (χ0) is 14.1. The molecule has 0 radical (unpaired) electrons. The maximum absolute atomic E-state index is 5.87. The highest BCUT2D eigenvalue weighted by Crippen LogP contribution is 2.33. The molecule has 0 unspecified atom stereocenters. The number of para-hydroxylation sites is 1. The van der Waals surface area contributed by atoms with Crippen LogP contribution in [0.1, 0.15) is 32.6 Å². The van der Waals surface area contributed by atoms with E-state index in [-0.39, 0.29) is 0 Å². The lowest BCUT2D eigenvalue weighted by atomic mass is 9.77. The Kier molecular flexibility index (Phi) is 6.34. The molecule has 112 valence electrons. The van der Waals surface area contributed by atoms with Crippen LogP contribution in [0.15, 0.2) is 30.3 Å². The summed E-state index contributed by atoms with van der Waals surface area (Å²) >= 11 is 0. The predicted octanol–water partition coefficient (Wildman–Crippen LogP) is 3.25. The van der Waals surface area contributed by atoms with Crippen molar-refractivity contribution in [3.05, 3.63) is 30.3 Å². The van der Waals surface area contributed by atoms with Gasteiger partial charge in [-0.15, -0.1) is 0 Å². The van der Waals surface area contributed by atoms with Crippen molar-refractivity contribution in [3.63, 3.8) is 0 Å². The first-order valence-corrected chi connectivity index (χ1v) is 7.81. The van der Waals surface area contributed by atoms with E-state index in [0.717, 1.165) is 57.9 Å². The van der Waals surface area contributed by atoms with Crippen molar-refractivity contribution < 1.29 is 9.47 Å². The van der Waals surface area contributed by atoms with Crippen LogP contribution in [0.3, 0.4) is 0 Å². The second-order valence-corrected chi connectivity index (χ2v) is 5.70. The molecule has 1 N–H and O–H groups in total. The van der Waals surface area contributed by atoms with Gasteiger partial charge in [0.2, 0.25) is 0 Å². The summed E-state index contributed by atoms with van der Waals surface area (Å²) in [6, 6.07) is 10.1. The minimum Gasteiger partial charge on any atom is -0.494 e. The molecule has 1 saturated heterocycles. The van der Waals surface area contributed by atoms with Gasteiger partial charge in [0.1, 0.15) is 5.75 Å². The van der Waals surface area contributed by atoms with E-state index in [0.29, 0.717) is 5.41 Å². The average molecular weight is 277 g/mol. The first-order valence-electron chi connectivity index (χ1n) is 7.81. The van der Waals surface area contributed by atoms with Gasteiger partial charge in [-0.05, 0) is 49.8 Å². The quantitative estimate of drug-likeness (QED) is 0.740. The van der Waals surface area contributed by atoms with Crippen LogP contribution in [0.4, 0.5) is 0 Å². The molecular formula is C17H27NO2. The molecule has 20 heavy (non-hydrogen) atoms. The lowest BCUT2D eigenvalue weighted by Crippen LogP contribution is -2.40. The van der Waals surface area contributed by atoms with Crippen LogP contribution in [-0.4, -0.2) is 32.9 Å². The van der Waals surface area contributed by atoms with Crippen molar-refractivity contribution in [1.29, 1.82) is 0 Å². The Morgan fingerprint density at radius 3 is 2.65 bits per heavy atom. The predicted molar refractivity (Wildman–Crippen MR) is 82.2 cm³/mol. The summed E-state index contributed by atoms with van der Waals surface area (Å²) in [4.78, 5) is 0. The molecule has 0 aliphatic carbocycles. The van der Waals surface area contributed by atoms with E-state index < -0.39 is 0 Å². The van der Waals surface area contributed by atoms with E-state index in [1.807, 2.05) is 30.3 Å². The lowest BCUT2D eigenvalue weighted by molar-refractivity contribution is 0.00434. The van der Waals surface area contributed by atoms with Crippen molar-refractivity contribution in [1.82, 2.24) is 5.32 Å². The van der Waals surface area contributed by atoms with Gasteiger partial charge in [-0.3, -0.25) is 0 Å². The van der Waals surface area contributed by atoms with Gasteiger partial charge >= 0.3 is 0 Å². The Hall–Kier alpha value is -1.06. The lowest BCUT2D eigenvalue weighted by Gasteiger charge is -2.37. The highest BCUT2D eigenvalue weighted by molar-refractivity contribution is 5.20. The summed E-state index contributed by atoms with van der Waals surface area (Å²) in [5.41, 5.74) is 0.349. The molecule has 1 fully saturated rings. The maximum atomic E-state index is 5.87. The van der Waals surface area contributed by atoms with Crippen LogP contribution in [0.25, 0.3) is 0 Å². The Morgan fingerprint density at radius 1 is 1.20 bits per heavy atom. The molecule has 1 aliphatic rings. The summed E-state index contributed by atoms with van der Waals surface area (Å²) < 4.78 is 11.4. The Balaban J connectivity index is 1.80. The molecule has 0 bridgehead atoms. The summed E-state index contributed by atoms with van der Waals surface area (Å²) in [6.45, 7) is 6.96. The minimum atomic E-state index is 0.349. The highest BCUT2D eigenvalue weighted by Gasteiger charge is 2.32. The van der Waals surface area contributed by atoms with Crippen molar-refractivity contribution in [3.8, 4) is 5.75 Å². The second kappa shape index (κ2) is 8.28. The summed E-state index contributed by atoms with van der Waals surface area (Å²) in [7, 11) is 0. The third-order valence-electron chi connectivity index (χ3n) is 4.12. The summed E-state index contributed by atoms with van der Waals surface area (Å²) in [6.07, 6.45) is 4.57. The number of benzene rings is 1. The van der Waals surface area contributed by atoms with E-state index in [4.69, 9.17) is 9.47 Å². The summed E-state index contributed by atoms with van der Waals surface area (Å²) in [5.74, 6) is 0.969. The van der Waals surface area contributed by atoms with Gasteiger partial charge in [-0.2, -0.15) is 0 Å². The minimum absolute atomic E-state index is 0.349. The van der Waals surface area contributed by atoms with Gasteiger partial charge in [0.05, 0.1) is 6.61 Å². The molecule has 0 amide bonds. The van der Waals surface area contributed by atoms with Crippen molar-refractivity contribution in [2.24, 2.45) is 5.41 Å². The van der Waals surface area contributed by atoms with E-state index in [1.54, 1.807) is 0 Å². The van der Waals surface area contributed by atoms with Gasteiger partial charge in [-0.25, -0.2) is 0 Å². The molecule has 3 nitrogen and oxygen atoms in total. The molecule has 1 aliphatic heterocycles. The topological polar surface area (TPSA) is 30.5 Å².